The van der Waals surface area contributed by atoms with Crippen LogP contribution in [0.1, 0.15) is 39.2 Å². The first-order chi connectivity index (χ1) is 13.7. The maximum atomic E-state index is 12.4. The summed E-state index contributed by atoms with van der Waals surface area (Å²) in [4.78, 5) is 38.2. The summed E-state index contributed by atoms with van der Waals surface area (Å²) in [7, 11) is 1.22. The van der Waals surface area contributed by atoms with Crippen LogP contribution in [0.15, 0.2) is 42.1 Å². The third-order valence-corrected chi connectivity index (χ3v) is 4.14. The Morgan fingerprint density at radius 3 is 2.52 bits per heavy atom. The van der Waals surface area contributed by atoms with Crippen molar-refractivity contribution < 1.29 is 28.6 Å². The number of hydrogen-bond donors (Lipinski definition) is 1. The van der Waals surface area contributed by atoms with Crippen molar-refractivity contribution in [1.29, 1.82) is 0 Å². The van der Waals surface area contributed by atoms with Gasteiger partial charge in [0.2, 0.25) is 0 Å². The molecule has 1 saturated heterocycles. The van der Waals surface area contributed by atoms with Gasteiger partial charge in [-0.05, 0) is 45.3 Å². The molecule has 8 nitrogen and oxygen atoms in total. The highest BCUT2D eigenvalue weighted by molar-refractivity contribution is 5.92. The van der Waals surface area contributed by atoms with Crippen molar-refractivity contribution >= 4 is 18.2 Å². The van der Waals surface area contributed by atoms with Gasteiger partial charge >= 0.3 is 18.2 Å². The second-order valence-electron chi connectivity index (χ2n) is 7.64. The van der Waals surface area contributed by atoms with Crippen molar-refractivity contribution in [3.05, 3.63) is 47.7 Å². The molecular weight excluding hydrogens is 376 g/mol. The number of carbonyl (C=O) groups is 3. The summed E-state index contributed by atoms with van der Waals surface area (Å²) >= 11 is 0. The van der Waals surface area contributed by atoms with Gasteiger partial charge in [0.15, 0.2) is 0 Å². The molecule has 158 valence electrons. The van der Waals surface area contributed by atoms with E-state index in [1.54, 1.807) is 20.8 Å². The number of nitrogens with zero attached hydrogens (tertiary/aromatic N) is 1. The van der Waals surface area contributed by atoms with E-state index in [1.807, 2.05) is 30.3 Å². The van der Waals surface area contributed by atoms with Crippen LogP contribution in [0.2, 0.25) is 0 Å². The van der Waals surface area contributed by atoms with E-state index < -0.39 is 29.8 Å². The van der Waals surface area contributed by atoms with Crippen LogP contribution in [0.25, 0.3) is 0 Å². The smallest absolute Gasteiger partial charge is 0.412 e. The molecule has 1 N–H and O–H groups in total. The molecule has 2 amide bonds. The third-order valence-electron chi connectivity index (χ3n) is 4.14. The standard InChI is InChI=1S/C21H28N2O6/c1-21(2,3)29-20(26)23-12-8-11-16(23)13-17(18(24)27-4)22-19(25)28-14-15-9-6-5-7-10-15/h5-7,9-10,13,16H,8,11-12,14H2,1-4H3,(H,22,25). The average molecular weight is 404 g/mol. The summed E-state index contributed by atoms with van der Waals surface area (Å²) in [6.45, 7) is 5.93. The van der Waals surface area contributed by atoms with Crippen molar-refractivity contribution in [1.82, 2.24) is 10.2 Å². The van der Waals surface area contributed by atoms with Crippen LogP contribution in [0.4, 0.5) is 9.59 Å². The van der Waals surface area contributed by atoms with Gasteiger partial charge in [0, 0.05) is 6.54 Å². The first-order valence-electron chi connectivity index (χ1n) is 9.47. The van der Waals surface area contributed by atoms with Gasteiger partial charge in [-0.25, -0.2) is 14.4 Å². The molecule has 0 saturated carbocycles. The minimum atomic E-state index is -0.785. The van der Waals surface area contributed by atoms with Crippen LogP contribution in [0, 0.1) is 0 Å². The molecule has 2 rings (SSSR count). The van der Waals surface area contributed by atoms with Crippen LogP contribution >= 0.6 is 0 Å². The number of benzene rings is 1. The molecular formula is C21H28N2O6. The Kier molecular flexibility index (Phi) is 7.64. The van der Waals surface area contributed by atoms with Crippen molar-refractivity contribution in [2.75, 3.05) is 13.7 Å². The molecule has 1 unspecified atom stereocenters. The number of ether oxygens (including phenoxy) is 3. The van der Waals surface area contributed by atoms with Crippen LogP contribution < -0.4 is 5.32 Å². The fourth-order valence-corrected chi connectivity index (χ4v) is 2.85. The zero-order chi connectivity index (χ0) is 21.4. The topological polar surface area (TPSA) is 94.2 Å². The predicted molar refractivity (Wildman–Crippen MR) is 106 cm³/mol. The fraction of sp³-hybridized carbons (Fsp3) is 0.476. The normalized spacial score (nSPS) is 16.9. The number of alkyl carbamates (subject to hydrolysis) is 1. The molecule has 1 atom stereocenters. The van der Waals surface area contributed by atoms with E-state index in [1.165, 1.54) is 18.1 Å². The number of amides is 2. The van der Waals surface area contributed by atoms with E-state index in [9.17, 15) is 14.4 Å². The Hall–Kier alpha value is -3.03. The van der Waals surface area contributed by atoms with Crippen LogP contribution in [-0.2, 0) is 25.6 Å². The zero-order valence-corrected chi connectivity index (χ0v) is 17.3. The molecule has 0 bridgehead atoms. The van der Waals surface area contributed by atoms with Crippen LogP contribution in [-0.4, -0.2) is 48.4 Å². The van der Waals surface area contributed by atoms with Crippen molar-refractivity contribution in [3.8, 4) is 0 Å². The molecule has 1 aliphatic rings. The first kappa shape index (κ1) is 22.3. The average Bonchev–Trinajstić information content (AvgIpc) is 3.13. The third kappa shape index (κ3) is 7.14. The number of rotatable bonds is 5. The predicted octanol–water partition coefficient (Wildman–Crippen LogP) is 3.37. The summed E-state index contributed by atoms with van der Waals surface area (Å²) in [5.41, 5.74) is 0.114. The highest BCUT2D eigenvalue weighted by atomic mass is 16.6. The minimum Gasteiger partial charge on any atom is -0.464 e. The summed E-state index contributed by atoms with van der Waals surface area (Å²) in [6, 6.07) is 8.78. The molecule has 1 fully saturated rings. The van der Waals surface area contributed by atoms with E-state index >= 15 is 0 Å². The molecule has 0 spiro atoms. The van der Waals surface area contributed by atoms with Gasteiger partial charge in [-0.3, -0.25) is 5.32 Å². The maximum Gasteiger partial charge on any atom is 0.412 e. The maximum absolute atomic E-state index is 12.4. The van der Waals surface area contributed by atoms with E-state index in [-0.39, 0.29) is 12.3 Å². The number of esters is 1. The number of hydrogen-bond acceptors (Lipinski definition) is 6. The fourth-order valence-electron chi connectivity index (χ4n) is 2.85. The lowest BCUT2D eigenvalue weighted by Crippen LogP contribution is -2.40. The van der Waals surface area contributed by atoms with Gasteiger partial charge in [0.25, 0.3) is 0 Å². The lowest BCUT2D eigenvalue weighted by atomic mass is 10.2. The first-order valence-corrected chi connectivity index (χ1v) is 9.47. The lowest BCUT2D eigenvalue weighted by Gasteiger charge is -2.27. The Morgan fingerprint density at radius 1 is 1.21 bits per heavy atom. The Balaban J connectivity index is 2.06. The van der Waals surface area contributed by atoms with Crippen molar-refractivity contribution in [2.45, 2.75) is 51.9 Å². The number of likely N-dealkylation sites (tertiary alicyclic amines) is 1. The molecule has 29 heavy (non-hydrogen) atoms. The Bertz CT molecular complexity index is 754. The Labute approximate surface area is 170 Å². The molecule has 0 radical (unpaired) electrons. The molecule has 0 aliphatic carbocycles. The minimum absolute atomic E-state index is 0.0641. The van der Waals surface area contributed by atoms with E-state index in [0.717, 1.165) is 12.0 Å². The molecule has 0 aromatic heterocycles. The van der Waals surface area contributed by atoms with Gasteiger partial charge in [0.1, 0.15) is 17.9 Å². The van der Waals surface area contributed by atoms with Crippen LogP contribution in [0.5, 0.6) is 0 Å². The molecule has 8 heteroatoms. The summed E-state index contributed by atoms with van der Waals surface area (Å²) < 4.78 is 15.3. The Morgan fingerprint density at radius 2 is 1.90 bits per heavy atom. The second kappa shape index (κ2) is 9.95. The number of methoxy groups -OCH3 is 1. The molecule has 1 aliphatic heterocycles. The summed E-state index contributed by atoms with van der Waals surface area (Å²) in [5, 5.41) is 2.42. The summed E-state index contributed by atoms with van der Waals surface area (Å²) in [6.07, 6.45) is 1.65. The largest absolute Gasteiger partial charge is 0.464 e. The second-order valence-corrected chi connectivity index (χ2v) is 7.64. The molecule has 1 aromatic carbocycles. The summed E-state index contributed by atoms with van der Waals surface area (Å²) in [5.74, 6) is -0.724. The molecule has 1 aromatic rings. The highest BCUT2D eigenvalue weighted by Crippen LogP contribution is 2.22. The van der Waals surface area contributed by atoms with E-state index in [0.29, 0.717) is 13.0 Å². The van der Waals surface area contributed by atoms with E-state index in [2.05, 4.69) is 5.32 Å². The van der Waals surface area contributed by atoms with Gasteiger partial charge in [-0.15, -0.1) is 0 Å². The van der Waals surface area contributed by atoms with Crippen LogP contribution in [0.3, 0.4) is 0 Å². The monoisotopic (exact) mass is 404 g/mol. The quantitative estimate of drug-likeness (QED) is 0.459. The lowest BCUT2D eigenvalue weighted by molar-refractivity contribution is -0.136. The van der Waals surface area contributed by atoms with Gasteiger partial charge in [0.05, 0.1) is 13.2 Å². The SMILES string of the molecule is COC(=O)C(=CC1CCCN1C(=O)OC(C)(C)C)NC(=O)OCc1ccccc1. The van der Waals surface area contributed by atoms with Gasteiger partial charge < -0.3 is 19.1 Å². The van der Waals surface area contributed by atoms with Gasteiger partial charge in [-0.1, -0.05) is 30.3 Å². The number of carbonyl (C=O) groups excluding carboxylic acids is 3. The number of nitrogens with one attached hydrogen (secondary N) is 1. The van der Waals surface area contributed by atoms with Crippen molar-refractivity contribution in [2.24, 2.45) is 0 Å². The van der Waals surface area contributed by atoms with Gasteiger partial charge in [-0.2, -0.15) is 0 Å². The van der Waals surface area contributed by atoms with E-state index in [4.69, 9.17) is 14.2 Å². The zero-order valence-electron chi connectivity index (χ0n) is 17.3. The van der Waals surface area contributed by atoms with Crippen molar-refractivity contribution in [3.63, 3.8) is 0 Å². The highest BCUT2D eigenvalue weighted by Gasteiger charge is 2.32. The molecule has 1 heterocycles.